The zero-order valence-electron chi connectivity index (χ0n) is 7.72. The Morgan fingerprint density at radius 2 is 2.06 bits per heavy atom. The van der Waals surface area contributed by atoms with Gasteiger partial charge in [0.15, 0.2) is 5.13 Å². The number of fused-ring (bicyclic) bond motifs is 1. The number of rotatable bonds is 2. The van der Waals surface area contributed by atoms with Crippen LogP contribution in [0.5, 0.6) is 0 Å². The Kier molecular flexibility index (Phi) is 2.55. The average molecular weight is 264 g/mol. The van der Waals surface area contributed by atoms with Crippen LogP contribution in [-0.2, 0) is 9.84 Å². The monoisotopic (exact) mass is 264 g/mol. The molecular weight excluding hydrogens is 258 g/mol. The summed E-state index contributed by atoms with van der Waals surface area (Å²) in [6, 6.07) is 3.62. The molecule has 0 unspecified atom stereocenters. The number of hydrogen-bond acceptors (Lipinski definition) is 5. The molecule has 0 aliphatic carbocycles. The van der Waals surface area contributed by atoms with Crippen LogP contribution in [0.25, 0.3) is 10.2 Å². The van der Waals surface area contributed by atoms with Gasteiger partial charge in [-0.2, -0.15) is 8.78 Å². The maximum absolute atomic E-state index is 12.3. The number of hydrogen-bond donors (Lipinski definition) is 1. The summed E-state index contributed by atoms with van der Waals surface area (Å²) >= 11 is 1.05. The van der Waals surface area contributed by atoms with E-state index in [1.54, 1.807) is 0 Å². The molecule has 2 N–H and O–H groups in total. The molecule has 0 aliphatic rings. The Morgan fingerprint density at radius 1 is 1.38 bits per heavy atom. The van der Waals surface area contributed by atoms with Gasteiger partial charge in [-0.1, -0.05) is 11.3 Å². The molecule has 1 heterocycles. The first kappa shape index (κ1) is 11.2. The molecule has 1 aromatic heterocycles. The number of aromatic nitrogens is 1. The molecule has 1 aromatic carbocycles. The van der Waals surface area contributed by atoms with E-state index in [2.05, 4.69) is 4.98 Å². The predicted octanol–water partition coefficient (Wildman–Crippen LogP) is 1.87. The Labute approximate surface area is 93.6 Å². The van der Waals surface area contributed by atoms with E-state index in [9.17, 15) is 17.2 Å². The summed E-state index contributed by atoms with van der Waals surface area (Å²) in [5, 5.41) is 0.265. The first-order chi connectivity index (χ1) is 7.41. The first-order valence-corrected chi connectivity index (χ1v) is 6.45. The minimum Gasteiger partial charge on any atom is -0.375 e. The van der Waals surface area contributed by atoms with Crippen molar-refractivity contribution in [3.63, 3.8) is 0 Å². The van der Waals surface area contributed by atoms with E-state index < -0.39 is 20.5 Å². The maximum atomic E-state index is 12.3. The van der Waals surface area contributed by atoms with Gasteiger partial charge in [0.2, 0.25) is 9.84 Å². The topological polar surface area (TPSA) is 73.0 Å². The summed E-state index contributed by atoms with van der Waals surface area (Å²) in [7, 11) is -4.55. The molecule has 86 valence electrons. The Hall–Kier alpha value is -1.28. The van der Waals surface area contributed by atoms with Gasteiger partial charge in [-0.05, 0) is 18.2 Å². The normalized spacial score (nSPS) is 12.4. The lowest BCUT2D eigenvalue weighted by Gasteiger charge is -2.01. The molecule has 4 nitrogen and oxygen atoms in total. The van der Waals surface area contributed by atoms with E-state index in [0.29, 0.717) is 10.2 Å². The van der Waals surface area contributed by atoms with E-state index in [1.807, 2.05) is 0 Å². The summed E-state index contributed by atoms with van der Waals surface area (Å²) in [6.45, 7) is 0. The van der Waals surface area contributed by atoms with Crippen LogP contribution in [0.2, 0.25) is 0 Å². The van der Waals surface area contributed by atoms with E-state index >= 15 is 0 Å². The summed E-state index contributed by atoms with van der Waals surface area (Å²) in [5.41, 5.74) is 5.92. The van der Waals surface area contributed by atoms with Crippen LogP contribution in [0.15, 0.2) is 23.1 Å². The molecule has 0 atom stereocenters. The second-order valence-corrected chi connectivity index (χ2v) is 5.97. The highest BCUT2D eigenvalue weighted by Crippen LogP contribution is 2.28. The largest absolute Gasteiger partial charge is 0.375 e. The van der Waals surface area contributed by atoms with Gasteiger partial charge in [-0.15, -0.1) is 0 Å². The SMILES string of the molecule is Nc1nc2ccc(S(=O)(=O)C(F)F)cc2s1. The van der Waals surface area contributed by atoms with Crippen molar-refractivity contribution in [1.29, 1.82) is 0 Å². The van der Waals surface area contributed by atoms with Crippen LogP contribution in [0, 0.1) is 0 Å². The van der Waals surface area contributed by atoms with Crippen LogP contribution in [0.1, 0.15) is 0 Å². The predicted molar refractivity (Wildman–Crippen MR) is 57.2 cm³/mol. The van der Waals surface area contributed by atoms with Crippen LogP contribution in [-0.4, -0.2) is 19.2 Å². The zero-order chi connectivity index (χ0) is 11.9. The lowest BCUT2D eigenvalue weighted by atomic mass is 10.3. The lowest BCUT2D eigenvalue weighted by molar-refractivity contribution is 0.235. The number of nitrogens with zero attached hydrogens (tertiary/aromatic N) is 1. The quantitative estimate of drug-likeness (QED) is 0.898. The van der Waals surface area contributed by atoms with Gasteiger partial charge in [0.25, 0.3) is 0 Å². The van der Waals surface area contributed by atoms with Crippen molar-refractivity contribution >= 4 is 36.5 Å². The number of halogens is 2. The van der Waals surface area contributed by atoms with E-state index in [4.69, 9.17) is 5.73 Å². The highest BCUT2D eigenvalue weighted by molar-refractivity contribution is 7.91. The fourth-order valence-electron chi connectivity index (χ4n) is 1.20. The smallest absolute Gasteiger partial charge is 0.341 e. The van der Waals surface area contributed by atoms with Gasteiger partial charge in [-0.3, -0.25) is 0 Å². The second-order valence-electron chi connectivity index (χ2n) is 2.99. The lowest BCUT2D eigenvalue weighted by Crippen LogP contribution is -2.10. The van der Waals surface area contributed by atoms with Gasteiger partial charge in [0.1, 0.15) is 0 Å². The zero-order valence-corrected chi connectivity index (χ0v) is 9.36. The fourth-order valence-corrected chi connectivity index (χ4v) is 2.80. The van der Waals surface area contributed by atoms with Gasteiger partial charge in [0.05, 0.1) is 15.1 Å². The average Bonchev–Trinajstić information content (AvgIpc) is 2.56. The molecule has 0 radical (unpaired) electrons. The summed E-state index contributed by atoms with van der Waals surface area (Å²) in [5.74, 6) is -3.42. The van der Waals surface area contributed by atoms with E-state index in [0.717, 1.165) is 23.5 Å². The van der Waals surface area contributed by atoms with Crippen LogP contribution < -0.4 is 5.73 Å². The molecule has 16 heavy (non-hydrogen) atoms. The molecule has 0 saturated heterocycles. The molecule has 2 aromatic rings. The van der Waals surface area contributed by atoms with Gasteiger partial charge in [-0.25, -0.2) is 13.4 Å². The Balaban J connectivity index is 2.63. The van der Waals surface area contributed by atoms with Crippen LogP contribution in [0.4, 0.5) is 13.9 Å². The molecular formula is C8H6F2N2O2S2. The minimum absolute atomic E-state index is 0.265. The molecule has 0 bridgehead atoms. The second kappa shape index (κ2) is 3.63. The third-order valence-corrected chi connectivity index (χ3v) is 4.17. The first-order valence-electron chi connectivity index (χ1n) is 4.09. The fraction of sp³-hybridized carbons (Fsp3) is 0.125. The third kappa shape index (κ3) is 1.74. The van der Waals surface area contributed by atoms with Crippen molar-refractivity contribution in [2.45, 2.75) is 10.7 Å². The molecule has 8 heteroatoms. The number of sulfone groups is 1. The number of alkyl halides is 2. The van der Waals surface area contributed by atoms with Gasteiger partial charge in [0, 0.05) is 0 Å². The Bertz CT molecular complexity index is 637. The third-order valence-electron chi connectivity index (χ3n) is 1.94. The number of thiazole rings is 1. The number of nitrogen functional groups attached to an aromatic ring is 1. The molecule has 0 spiro atoms. The number of benzene rings is 1. The highest BCUT2D eigenvalue weighted by Gasteiger charge is 2.26. The number of anilines is 1. The van der Waals surface area contributed by atoms with Crippen molar-refractivity contribution in [3.05, 3.63) is 18.2 Å². The van der Waals surface area contributed by atoms with Crippen molar-refractivity contribution in [2.75, 3.05) is 5.73 Å². The summed E-state index contributed by atoms with van der Waals surface area (Å²) < 4.78 is 47.4. The standard InChI is InChI=1S/C8H6F2N2O2S2/c9-7(10)16(13,14)4-1-2-5-6(3-4)15-8(11)12-5/h1-3,7H,(H2,11,12). The molecule has 0 fully saturated rings. The summed E-state index contributed by atoms with van der Waals surface area (Å²) in [6.07, 6.45) is 0. The van der Waals surface area contributed by atoms with Crippen molar-refractivity contribution in [1.82, 2.24) is 4.98 Å². The molecule has 0 amide bonds. The van der Waals surface area contributed by atoms with E-state index in [-0.39, 0.29) is 5.13 Å². The molecule has 2 rings (SSSR count). The van der Waals surface area contributed by atoms with Crippen molar-refractivity contribution in [2.24, 2.45) is 0 Å². The highest BCUT2D eigenvalue weighted by atomic mass is 32.2. The van der Waals surface area contributed by atoms with Crippen molar-refractivity contribution < 1.29 is 17.2 Å². The molecule has 0 aliphatic heterocycles. The van der Waals surface area contributed by atoms with Crippen LogP contribution in [0.3, 0.4) is 0 Å². The number of nitrogens with two attached hydrogens (primary N) is 1. The Morgan fingerprint density at radius 3 is 2.69 bits per heavy atom. The van der Waals surface area contributed by atoms with Crippen molar-refractivity contribution in [3.8, 4) is 0 Å². The van der Waals surface area contributed by atoms with Gasteiger partial charge < -0.3 is 5.73 Å². The summed E-state index contributed by atoms with van der Waals surface area (Å²) in [4.78, 5) is 3.48. The van der Waals surface area contributed by atoms with E-state index in [1.165, 1.54) is 6.07 Å². The maximum Gasteiger partial charge on any atom is 0.341 e. The minimum atomic E-state index is -4.55. The van der Waals surface area contributed by atoms with Gasteiger partial charge >= 0.3 is 5.76 Å². The van der Waals surface area contributed by atoms with Crippen LogP contribution >= 0.6 is 11.3 Å². The molecule has 0 saturated carbocycles.